The van der Waals surface area contributed by atoms with E-state index in [0.29, 0.717) is 11.6 Å². The number of hydrogen-bond donors (Lipinski definition) is 0. The first kappa shape index (κ1) is 11.6. The van der Waals surface area contributed by atoms with Crippen LogP contribution in [0.2, 0.25) is 0 Å². The van der Waals surface area contributed by atoms with Crippen LogP contribution >= 0.6 is 0 Å². The van der Waals surface area contributed by atoms with Crippen molar-refractivity contribution in [2.24, 2.45) is 5.41 Å². The number of nitrogens with zero attached hydrogens (tertiary/aromatic N) is 2. The zero-order valence-electron chi connectivity index (χ0n) is 11.3. The van der Waals surface area contributed by atoms with Gasteiger partial charge in [-0.25, -0.2) is 9.78 Å². The van der Waals surface area contributed by atoms with Gasteiger partial charge in [0.2, 0.25) is 0 Å². The lowest BCUT2D eigenvalue weighted by Gasteiger charge is -2.33. The van der Waals surface area contributed by atoms with Crippen LogP contribution in [0.3, 0.4) is 0 Å². The summed E-state index contributed by atoms with van der Waals surface area (Å²) >= 11 is 0. The molecule has 0 amide bonds. The second kappa shape index (κ2) is 3.31. The number of hydrogen-bond acceptors (Lipinski definition) is 4. The summed E-state index contributed by atoms with van der Waals surface area (Å²) in [5.41, 5.74) is 2.68. The molecule has 0 N–H and O–H groups in total. The van der Waals surface area contributed by atoms with Gasteiger partial charge < -0.3 is 4.74 Å². The van der Waals surface area contributed by atoms with Gasteiger partial charge in [-0.1, -0.05) is 20.8 Å². The van der Waals surface area contributed by atoms with Crippen molar-refractivity contribution in [1.82, 2.24) is 9.97 Å². The van der Waals surface area contributed by atoms with Crippen LogP contribution in [0.25, 0.3) is 0 Å². The van der Waals surface area contributed by atoms with Crippen LogP contribution < -0.4 is 0 Å². The van der Waals surface area contributed by atoms with E-state index >= 15 is 0 Å². The van der Waals surface area contributed by atoms with E-state index in [1.54, 1.807) is 6.20 Å². The van der Waals surface area contributed by atoms with E-state index in [1.807, 2.05) is 0 Å². The Bertz CT molecular complexity index is 539. The largest absolute Gasteiger partial charge is 0.464 e. The highest BCUT2D eigenvalue weighted by Gasteiger charge is 2.61. The summed E-state index contributed by atoms with van der Waals surface area (Å²) in [6, 6.07) is 0. The predicted molar refractivity (Wildman–Crippen MR) is 66.5 cm³/mol. The Morgan fingerprint density at radius 2 is 2.17 bits per heavy atom. The number of esters is 1. The average Bonchev–Trinajstić information content (AvgIpc) is 2.68. The lowest BCUT2D eigenvalue weighted by molar-refractivity contribution is 0.0593. The van der Waals surface area contributed by atoms with Crippen LogP contribution in [0.4, 0.5) is 0 Å². The summed E-state index contributed by atoms with van der Waals surface area (Å²) in [6.45, 7) is 6.84. The van der Waals surface area contributed by atoms with E-state index in [4.69, 9.17) is 4.74 Å². The van der Waals surface area contributed by atoms with Gasteiger partial charge in [0.05, 0.1) is 24.7 Å². The topological polar surface area (TPSA) is 52.1 Å². The molecule has 18 heavy (non-hydrogen) atoms. The molecule has 2 bridgehead atoms. The molecule has 4 nitrogen and oxygen atoms in total. The zero-order valence-corrected chi connectivity index (χ0v) is 11.3. The van der Waals surface area contributed by atoms with E-state index in [9.17, 15) is 4.79 Å². The molecular formula is C14H18N2O2. The first-order valence-corrected chi connectivity index (χ1v) is 6.37. The Labute approximate surface area is 107 Å². The summed E-state index contributed by atoms with van der Waals surface area (Å²) < 4.78 is 4.71. The van der Waals surface area contributed by atoms with Crippen molar-refractivity contribution in [3.05, 3.63) is 23.3 Å². The fourth-order valence-electron chi connectivity index (χ4n) is 3.68. The summed E-state index contributed by atoms with van der Waals surface area (Å²) in [6.07, 6.45) is 3.84. The Morgan fingerprint density at radius 3 is 2.83 bits per heavy atom. The highest BCUT2D eigenvalue weighted by molar-refractivity contribution is 5.86. The Morgan fingerprint density at radius 1 is 1.44 bits per heavy atom. The SMILES string of the molecule is COC(=O)c1cnc2c(n1)C1CCC2(C)C1(C)C. The van der Waals surface area contributed by atoms with Gasteiger partial charge in [0.25, 0.3) is 0 Å². The molecule has 1 aromatic rings. The minimum Gasteiger partial charge on any atom is -0.464 e. The second-order valence-corrected chi connectivity index (χ2v) is 6.13. The van der Waals surface area contributed by atoms with Crippen molar-refractivity contribution in [1.29, 1.82) is 0 Å². The molecule has 96 valence electrons. The number of fused-ring (bicyclic) bond motifs is 5. The standard InChI is InChI=1S/C14H18N2O2/c1-13(2)8-5-6-14(13,3)11-10(8)16-9(7-15-11)12(17)18-4/h7-8H,5-6H2,1-4H3. The van der Waals surface area contributed by atoms with Gasteiger partial charge in [-0.15, -0.1) is 0 Å². The van der Waals surface area contributed by atoms with Gasteiger partial charge in [0, 0.05) is 11.3 Å². The average molecular weight is 246 g/mol. The number of ether oxygens (including phenoxy) is 1. The van der Waals surface area contributed by atoms with Gasteiger partial charge in [-0.2, -0.15) is 0 Å². The summed E-state index contributed by atoms with van der Waals surface area (Å²) in [4.78, 5) is 20.6. The highest BCUT2D eigenvalue weighted by Crippen LogP contribution is 2.66. The van der Waals surface area contributed by atoms with E-state index < -0.39 is 5.97 Å². The minimum absolute atomic E-state index is 0.0919. The molecule has 1 fully saturated rings. The monoisotopic (exact) mass is 246 g/mol. The van der Waals surface area contributed by atoms with Gasteiger partial charge >= 0.3 is 5.97 Å². The fourth-order valence-corrected chi connectivity index (χ4v) is 3.68. The molecule has 0 saturated heterocycles. The molecule has 1 saturated carbocycles. The summed E-state index contributed by atoms with van der Waals surface area (Å²) in [5, 5.41) is 0. The summed E-state index contributed by atoms with van der Waals surface area (Å²) in [5.74, 6) is 0.00522. The first-order valence-electron chi connectivity index (χ1n) is 6.37. The van der Waals surface area contributed by atoms with Crippen molar-refractivity contribution in [2.75, 3.05) is 7.11 Å². The van der Waals surface area contributed by atoms with Crippen molar-refractivity contribution < 1.29 is 9.53 Å². The third-order valence-electron chi connectivity index (χ3n) is 5.27. The van der Waals surface area contributed by atoms with E-state index in [1.165, 1.54) is 7.11 Å². The minimum atomic E-state index is -0.406. The van der Waals surface area contributed by atoms with Crippen LogP contribution in [0.15, 0.2) is 6.20 Å². The number of aromatic nitrogens is 2. The van der Waals surface area contributed by atoms with E-state index in [0.717, 1.165) is 24.2 Å². The molecular weight excluding hydrogens is 228 g/mol. The lowest BCUT2D eigenvalue weighted by Crippen LogP contribution is -2.32. The third-order valence-corrected chi connectivity index (χ3v) is 5.27. The van der Waals surface area contributed by atoms with E-state index in [2.05, 4.69) is 30.7 Å². The van der Waals surface area contributed by atoms with Crippen molar-refractivity contribution in [3.8, 4) is 0 Å². The Kier molecular flexibility index (Phi) is 2.14. The molecule has 3 rings (SSSR count). The molecule has 0 aliphatic heterocycles. The molecule has 2 aliphatic rings. The second-order valence-electron chi connectivity index (χ2n) is 6.13. The number of carbonyl (C=O) groups excluding carboxylic acids is 1. The van der Waals surface area contributed by atoms with E-state index in [-0.39, 0.29) is 10.8 Å². The predicted octanol–water partition coefficient (Wildman–Crippen LogP) is 2.44. The van der Waals surface area contributed by atoms with Crippen molar-refractivity contribution in [2.45, 2.75) is 44.9 Å². The van der Waals surface area contributed by atoms with Crippen LogP contribution in [-0.2, 0) is 10.2 Å². The Hall–Kier alpha value is -1.45. The van der Waals surface area contributed by atoms with Crippen LogP contribution in [0, 0.1) is 5.41 Å². The van der Waals surface area contributed by atoms with Gasteiger partial charge in [0.15, 0.2) is 5.69 Å². The van der Waals surface area contributed by atoms with Crippen LogP contribution in [0.1, 0.15) is 61.4 Å². The molecule has 0 aromatic carbocycles. The first-order chi connectivity index (χ1) is 8.41. The molecule has 0 radical (unpaired) electrons. The molecule has 2 aliphatic carbocycles. The number of methoxy groups -OCH3 is 1. The summed E-state index contributed by atoms with van der Waals surface area (Å²) in [7, 11) is 1.37. The molecule has 2 unspecified atom stereocenters. The van der Waals surface area contributed by atoms with Gasteiger partial charge in [0.1, 0.15) is 0 Å². The quantitative estimate of drug-likeness (QED) is 0.714. The van der Waals surface area contributed by atoms with Gasteiger partial charge in [-0.3, -0.25) is 4.98 Å². The molecule has 4 heteroatoms. The third kappa shape index (κ3) is 1.13. The molecule has 1 aromatic heterocycles. The maximum Gasteiger partial charge on any atom is 0.358 e. The van der Waals surface area contributed by atoms with Crippen molar-refractivity contribution in [3.63, 3.8) is 0 Å². The Balaban J connectivity index is 2.15. The van der Waals surface area contributed by atoms with Crippen molar-refractivity contribution >= 4 is 5.97 Å². The van der Waals surface area contributed by atoms with Crippen LogP contribution in [0.5, 0.6) is 0 Å². The van der Waals surface area contributed by atoms with Gasteiger partial charge in [-0.05, 0) is 18.3 Å². The zero-order chi connectivity index (χ0) is 13.1. The molecule has 2 atom stereocenters. The molecule has 0 spiro atoms. The smallest absolute Gasteiger partial charge is 0.358 e. The highest BCUT2D eigenvalue weighted by atomic mass is 16.5. The lowest BCUT2D eigenvalue weighted by atomic mass is 9.70. The van der Waals surface area contributed by atoms with Crippen LogP contribution in [-0.4, -0.2) is 23.0 Å². The maximum atomic E-state index is 11.5. The molecule has 1 heterocycles. The number of carbonyl (C=O) groups is 1. The maximum absolute atomic E-state index is 11.5. The fraction of sp³-hybridized carbons (Fsp3) is 0.643. The normalized spacial score (nSPS) is 31.2. The number of rotatable bonds is 1.